The zero-order valence-electron chi connectivity index (χ0n) is 11.4. The molecule has 0 unspecified atom stereocenters. The summed E-state index contributed by atoms with van der Waals surface area (Å²) in [5, 5.41) is 2.87. The van der Waals surface area contributed by atoms with E-state index in [0.29, 0.717) is 17.0 Å². The fourth-order valence-corrected chi connectivity index (χ4v) is 1.99. The summed E-state index contributed by atoms with van der Waals surface area (Å²) in [6.07, 6.45) is 0.0562. The average molecular weight is 334 g/mol. The van der Waals surface area contributed by atoms with Crippen LogP contribution in [-0.4, -0.2) is 12.0 Å². The highest BCUT2D eigenvalue weighted by Crippen LogP contribution is 2.25. The van der Waals surface area contributed by atoms with E-state index in [0.717, 1.165) is 4.47 Å². The third-order valence-corrected chi connectivity index (χ3v) is 3.13. The summed E-state index contributed by atoms with van der Waals surface area (Å²) >= 11 is 3.35. The number of benzene rings is 2. The Kier molecular flexibility index (Phi) is 4.79. The Morgan fingerprint density at radius 3 is 2.40 bits per heavy atom. The van der Waals surface area contributed by atoms with Crippen LogP contribution in [0.15, 0.2) is 53.0 Å². The van der Waals surface area contributed by atoms with Crippen molar-refractivity contribution >= 4 is 27.5 Å². The molecule has 2 aromatic carbocycles. The van der Waals surface area contributed by atoms with Crippen molar-refractivity contribution in [2.24, 2.45) is 0 Å². The normalized spacial score (nSPS) is 10.4. The van der Waals surface area contributed by atoms with Gasteiger partial charge in [-0.15, -0.1) is 0 Å². The van der Waals surface area contributed by atoms with Gasteiger partial charge in [0, 0.05) is 10.0 Å². The van der Waals surface area contributed by atoms with E-state index < -0.39 is 0 Å². The third kappa shape index (κ3) is 3.84. The van der Waals surface area contributed by atoms with Gasteiger partial charge in [0.25, 0.3) is 5.91 Å². The number of nitrogens with one attached hydrogen (secondary N) is 1. The van der Waals surface area contributed by atoms with Gasteiger partial charge < -0.3 is 10.1 Å². The highest BCUT2D eigenvalue weighted by molar-refractivity contribution is 9.10. The van der Waals surface area contributed by atoms with Crippen LogP contribution in [-0.2, 0) is 0 Å². The molecule has 0 aliphatic carbocycles. The van der Waals surface area contributed by atoms with E-state index in [-0.39, 0.29) is 12.0 Å². The van der Waals surface area contributed by atoms with Crippen LogP contribution in [0, 0.1) is 0 Å². The van der Waals surface area contributed by atoms with E-state index in [1.54, 1.807) is 12.1 Å². The molecule has 1 amide bonds. The number of amides is 1. The van der Waals surface area contributed by atoms with Crippen LogP contribution in [0.1, 0.15) is 24.2 Å². The molecule has 104 valence electrons. The number of carbonyl (C=O) groups excluding carboxylic acids is 1. The topological polar surface area (TPSA) is 38.3 Å². The van der Waals surface area contributed by atoms with E-state index >= 15 is 0 Å². The minimum atomic E-state index is -0.155. The lowest BCUT2D eigenvalue weighted by Crippen LogP contribution is -2.14. The molecule has 4 heteroatoms. The Morgan fingerprint density at radius 1 is 1.10 bits per heavy atom. The Morgan fingerprint density at radius 2 is 1.75 bits per heavy atom. The van der Waals surface area contributed by atoms with Crippen LogP contribution in [0.3, 0.4) is 0 Å². The van der Waals surface area contributed by atoms with Crippen LogP contribution >= 0.6 is 15.9 Å². The maximum absolute atomic E-state index is 12.2. The van der Waals surface area contributed by atoms with Gasteiger partial charge >= 0.3 is 0 Å². The lowest BCUT2D eigenvalue weighted by molar-refractivity contribution is 0.102. The van der Waals surface area contributed by atoms with Crippen LogP contribution in [0.4, 0.5) is 5.69 Å². The molecule has 0 fully saturated rings. The molecule has 0 heterocycles. The molecule has 0 aromatic heterocycles. The molecule has 0 aliphatic rings. The Bertz CT molecular complexity index is 594. The van der Waals surface area contributed by atoms with Crippen molar-refractivity contribution in [2.75, 3.05) is 5.32 Å². The first kappa shape index (κ1) is 14.6. The monoisotopic (exact) mass is 333 g/mol. The quantitative estimate of drug-likeness (QED) is 0.895. The second-order valence-electron chi connectivity index (χ2n) is 4.62. The number of halogens is 1. The van der Waals surface area contributed by atoms with E-state index in [4.69, 9.17) is 4.74 Å². The van der Waals surface area contributed by atoms with Gasteiger partial charge in [-0.1, -0.05) is 28.1 Å². The zero-order chi connectivity index (χ0) is 14.5. The smallest absolute Gasteiger partial charge is 0.255 e. The molecule has 1 N–H and O–H groups in total. The second-order valence-corrected chi connectivity index (χ2v) is 5.54. The Hall–Kier alpha value is -1.81. The molecule has 0 spiro atoms. The number of para-hydroxylation sites is 2. The molecule has 2 rings (SSSR count). The number of anilines is 1. The van der Waals surface area contributed by atoms with Gasteiger partial charge in [0.05, 0.1) is 11.8 Å². The van der Waals surface area contributed by atoms with Crippen molar-refractivity contribution < 1.29 is 9.53 Å². The van der Waals surface area contributed by atoms with E-state index in [1.165, 1.54) is 0 Å². The van der Waals surface area contributed by atoms with Crippen LogP contribution < -0.4 is 10.1 Å². The van der Waals surface area contributed by atoms with Gasteiger partial charge in [0.2, 0.25) is 0 Å². The highest BCUT2D eigenvalue weighted by Gasteiger charge is 2.10. The zero-order valence-corrected chi connectivity index (χ0v) is 13.0. The van der Waals surface area contributed by atoms with Crippen molar-refractivity contribution in [3.63, 3.8) is 0 Å². The maximum atomic E-state index is 12.2. The summed E-state index contributed by atoms with van der Waals surface area (Å²) in [6.45, 7) is 3.90. The number of rotatable bonds is 4. The van der Waals surface area contributed by atoms with Gasteiger partial charge in [-0.25, -0.2) is 0 Å². The molecule has 0 saturated heterocycles. The van der Waals surface area contributed by atoms with Crippen molar-refractivity contribution in [3.8, 4) is 5.75 Å². The standard InChI is InChI=1S/C16H16BrNO2/c1-11(2)20-15-6-4-3-5-14(15)18-16(19)12-7-9-13(17)10-8-12/h3-11H,1-2H3,(H,18,19). The first-order valence-corrected chi connectivity index (χ1v) is 7.18. The van der Waals surface area contributed by atoms with Gasteiger partial charge in [0.15, 0.2) is 0 Å². The predicted octanol–water partition coefficient (Wildman–Crippen LogP) is 4.49. The number of carbonyl (C=O) groups is 1. The largest absolute Gasteiger partial charge is 0.489 e. The molecular weight excluding hydrogens is 318 g/mol. The molecule has 0 atom stereocenters. The number of hydrogen-bond acceptors (Lipinski definition) is 2. The predicted molar refractivity (Wildman–Crippen MR) is 84.3 cm³/mol. The lowest BCUT2D eigenvalue weighted by Gasteiger charge is -2.14. The van der Waals surface area contributed by atoms with Crippen LogP contribution in [0.5, 0.6) is 5.75 Å². The molecule has 0 aliphatic heterocycles. The van der Waals surface area contributed by atoms with Gasteiger partial charge in [-0.2, -0.15) is 0 Å². The van der Waals surface area contributed by atoms with E-state index in [2.05, 4.69) is 21.2 Å². The number of hydrogen-bond donors (Lipinski definition) is 1. The Labute approximate surface area is 127 Å². The Balaban J connectivity index is 2.17. The van der Waals surface area contributed by atoms with Gasteiger partial charge in [0.1, 0.15) is 5.75 Å². The van der Waals surface area contributed by atoms with Crippen molar-refractivity contribution in [1.29, 1.82) is 0 Å². The summed E-state index contributed by atoms with van der Waals surface area (Å²) in [5.41, 5.74) is 1.28. The minimum absolute atomic E-state index is 0.0562. The molecular formula is C16H16BrNO2. The number of ether oxygens (including phenoxy) is 1. The average Bonchev–Trinajstić information content (AvgIpc) is 2.41. The fraction of sp³-hybridized carbons (Fsp3) is 0.188. The minimum Gasteiger partial charge on any atom is -0.489 e. The summed E-state index contributed by atoms with van der Waals surface area (Å²) in [5.74, 6) is 0.519. The summed E-state index contributed by atoms with van der Waals surface area (Å²) < 4.78 is 6.62. The molecule has 3 nitrogen and oxygen atoms in total. The van der Waals surface area contributed by atoms with Crippen molar-refractivity contribution in [2.45, 2.75) is 20.0 Å². The molecule has 0 radical (unpaired) electrons. The van der Waals surface area contributed by atoms with E-state index in [1.807, 2.05) is 50.2 Å². The lowest BCUT2D eigenvalue weighted by atomic mass is 10.2. The van der Waals surface area contributed by atoms with Crippen molar-refractivity contribution in [1.82, 2.24) is 0 Å². The molecule has 20 heavy (non-hydrogen) atoms. The first-order valence-electron chi connectivity index (χ1n) is 6.39. The SMILES string of the molecule is CC(C)Oc1ccccc1NC(=O)c1ccc(Br)cc1. The third-order valence-electron chi connectivity index (χ3n) is 2.60. The summed E-state index contributed by atoms with van der Waals surface area (Å²) in [6, 6.07) is 14.6. The second kappa shape index (κ2) is 6.57. The van der Waals surface area contributed by atoms with Gasteiger partial charge in [-0.3, -0.25) is 4.79 Å². The first-order chi connectivity index (χ1) is 9.56. The van der Waals surface area contributed by atoms with Crippen LogP contribution in [0.2, 0.25) is 0 Å². The fourth-order valence-electron chi connectivity index (χ4n) is 1.72. The summed E-state index contributed by atoms with van der Waals surface area (Å²) in [7, 11) is 0. The summed E-state index contributed by atoms with van der Waals surface area (Å²) in [4.78, 5) is 12.2. The highest BCUT2D eigenvalue weighted by atomic mass is 79.9. The molecule has 0 saturated carbocycles. The van der Waals surface area contributed by atoms with Gasteiger partial charge in [-0.05, 0) is 50.2 Å². The van der Waals surface area contributed by atoms with Crippen molar-refractivity contribution in [3.05, 3.63) is 58.6 Å². The molecule has 0 bridgehead atoms. The van der Waals surface area contributed by atoms with E-state index in [9.17, 15) is 4.79 Å². The maximum Gasteiger partial charge on any atom is 0.255 e. The van der Waals surface area contributed by atoms with Crippen LogP contribution in [0.25, 0.3) is 0 Å². The molecule has 2 aromatic rings.